The summed E-state index contributed by atoms with van der Waals surface area (Å²) in [5.74, 6) is 0. The topological polar surface area (TPSA) is 50.9 Å². The second-order valence-corrected chi connectivity index (χ2v) is 8.67. The molecule has 0 saturated heterocycles. The average Bonchev–Trinajstić information content (AvgIpc) is 3.39. The summed E-state index contributed by atoms with van der Waals surface area (Å²) in [5.41, 5.74) is 6.61. The maximum Gasteiger partial charge on any atom is 0.200 e. The molecule has 3 heterocycles. The predicted octanol–water partition coefficient (Wildman–Crippen LogP) is 6.58. The van der Waals surface area contributed by atoms with Crippen molar-refractivity contribution in [3.05, 3.63) is 71.8 Å². The lowest BCUT2D eigenvalue weighted by atomic mass is 9.94. The van der Waals surface area contributed by atoms with Crippen LogP contribution in [0.3, 0.4) is 0 Å². The first-order valence-electron chi connectivity index (χ1n) is 10.9. The van der Waals surface area contributed by atoms with Crippen molar-refractivity contribution in [2.24, 2.45) is 0 Å². The summed E-state index contributed by atoms with van der Waals surface area (Å²) in [6, 6.07) is 21.7. The molecule has 6 heteroatoms. The second-order valence-electron chi connectivity index (χ2n) is 8.28. The summed E-state index contributed by atoms with van der Waals surface area (Å²) >= 11 is 5.47. The predicted molar refractivity (Wildman–Crippen MR) is 127 cm³/mol. The molecule has 2 aromatic carbocycles. The Morgan fingerprint density at radius 1 is 0.839 bits per heavy atom. The highest BCUT2D eigenvalue weighted by Gasteiger charge is 2.28. The van der Waals surface area contributed by atoms with E-state index in [9.17, 15) is 0 Å². The van der Waals surface area contributed by atoms with Gasteiger partial charge in [0.2, 0.25) is 4.77 Å². The van der Waals surface area contributed by atoms with Crippen LogP contribution in [0.5, 0.6) is 0 Å². The number of nitrogens with zero attached hydrogens (tertiary/aromatic N) is 4. The zero-order chi connectivity index (χ0) is 20.8. The number of benzene rings is 2. The highest BCUT2D eigenvalue weighted by atomic mass is 32.1. The molecule has 5 aromatic rings. The fraction of sp³-hybridized carbons (Fsp3) is 0.240. The largest absolute Gasteiger partial charge is 0.321 e. The van der Waals surface area contributed by atoms with Gasteiger partial charge in [0.15, 0.2) is 5.65 Å². The maximum absolute atomic E-state index is 5.47. The van der Waals surface area contributed by atoms with Crippen LogP contribution in [0.25, 0.3) is 39.1 Å². The van der Waals surface area contributed by atoms with Crippen molar-refractivity contribution in [3.8, 4) is 22.4 Å². The van der Waals surface area contributed by atoms with E-state index in [1.165, 1.54) is 54.5 Å². The van der Waals surface area contributed by atoms with Crippen molar-refractivity contribution in [2.75, 3.05) is 0 Å². The van der Waals surface area contributed by atoms with Crippen LogP contribution in [0.4, 0.5) is 0 Å². The van der Waals surface area contributed by atoms with Gasteiger partial charge in [-0.05, 0) is 36.2 Å². The summed E-state index contributed by atoms with van der Waals surface area (Å²) in [7, 11) is 0. The van der Waals surface area contributed by atoms with Crippen molar-refractivity contribution >= 4 is 28.9 Å². The van der Waals surface area contributed by atoms with Crippen LogP contribution in [-0.4, -0.2) is 24.1 Å². The molecule has 1 saturated carbocycles. The van der Waals surface area contributed by atoms with E-state index in [1.807, 2.05) is 10.7 Å². The quantitative estimate of drug-likeness (QED) is 0.332. The SMILES string of the molecule is S=c1[nH]nc2c3c(-c4ccccc4)c(-c4ccccc4)n(C4CCCCC4)c3ncn12. The molecule has 154 valence electrons. The molecular formula is C25H23N5S. The summed E-state index contributed by atoms with van der Waals surface area (Å²) in [6.07, 6.45) is 8.00. The van der Waals surface area contributed by atoms with Gasteiger partial charge in [0.05, 0.1) is 11.1 Å². The molecule has 0 radical (unpaired) electrons. The van der Waals surface area contributed by atoms with E-state index in [0.29, 0.717) is 10.8 Å². The van der Waals surface area contributed by atoms with Crippen LogP contribution in [0.15, 0.2) is 67.0 Å². The number of aromatic amines is 1. The lowest BCUT2D eigenvalue weighted by Gasteiger charge is -2.26. The molecule has 3 aromatic heterocycles. The van der Waals surface area contributed by atoms with Gasteiger partial charge in [-0.2, -0.15) is 5.10 Å². The lowest BCUT2D eigenvalue weighted by Crippen LogP contribution is -2.14. The molecule has 31 heavy (non-hydrogen) atoms. The van der Waals surface area contributed by atoms with Gasteiger partial charge >= 0.3 is 0 Å². The van der Waals surface area contributed by atoms with Crippen molar-refractivity contribution in [2.45, 2.75) is 38.1 Å². The van der Waals surface area contributed by atoms with E-state index in [4.69, 9.17) is 17.2 Å². The standard InChI is InChI=1S/C25H23N5S/c31-25-28-27-24-21-20(17-10-4-1-5-11-17)22(18-12-6-2-7-13-18)30(19-14-8-3-9-15-19)23(21)26-16-29(24)25/h1-2,4-7,10-13,16,19H,3,8-9,14-15H2,(H,28,31). The van der Waals surface area contributed by atoms with Gasteiger partial charge in [-0.15, -0.1) is 0 Å². The first-order chi connectivity index (χ1) is 15.3. The lowest BCUT2D eigenvalue weighted by molar-refractivity contribution is 0.362. The molecule has 1 fully saturated rings. The molecule has 0 amide bonds. The Kier molecular flexibility index (Phi) is 4.46. The molecule has 1 aliphatic carbocycles. The van der Waals surface area contributed by atoms with Gasteiger partial charge in [-0.1, -0.05) is 79.9 Å². The Morgan fingerprint density at radius 3 is 2.23 bits per heavy atom. The van der Waals surface area contributed by atoms with Gasteiger partial charge in [-0.25, -0.2) is 4.98 Å². The number of nitrogens with one attached hydrogen (secondary N) is 1. The fourth-order valence-electron chi connectivity index (χ4n) is 5.08. The number of rotatable bonds is 3. The van der Waals surface area contributed by atoms with Gasteiger partial charge in [-0.3, -0.25) is 9.50 Å². The second kappa shape index (κ2) is 7.46. The summed E-state index contributed by atoms with van der Waals surface area (Å²) in [4.78, 5) is 4.95. The Bertz CT molecular complexity index is 1420. The van der Waals surface area contributed by atoms with Crippen molar-refractivity contribution < 1.29 is 0 Å². The van der Waals surface area contributed by atoms with E-state index in [-0.39, 0.29) is 0 Å². The fourth-order valence-corrected chi connectivity index (χ4v) is 5.26. The Hall–Kier alpha value is -3.25. The molecule has 6 rings (SSSR count). The number of hydrogen-bond acceptors (Lipinski definition) is 3. The zero-order valence-corrected chi connectivity index (χ0v) is 18.0. The highest BCUT2D eigenvalue weighted by Crippen LogP contribution is 2.45. The normalized spacial score (nSPS) is 15.1. The van der Waals surface area contributed by atoms with Gasteiger partial charge in [0.1, 0.15) is 12.0 Å². The first-order valence-corrected chi connectivity index (χ1v) is 11.3. The number of H-pyrrole nitrogens is 1. The third-order valence-electron chi connectivity index (χ3n) is 6.45. The minimum atomic E-state index is 0.431. The third-order valence-corrected chi connectivity index (χ3v) is 6.74. The third kappa shape index (κ3) is 2.93. The maximum atomic E-state index is 5.47. The average molecular weight is 426 g/mol. The minimum absolute atomic E-state index is 0.431. The van der Waals surface area contributed by atoms with E-state index < -0.39 is 0 Å². The van der Waals surface area contributed by atoms with Gasteiger partial charge in [0.25, 0.3) is 0 Å². The molecule has 5 nitrogen and oxygen atoms in total. The number of fused-ring (bicyclic) bond motifs is 3. The van der Waals surface area contributed by atoms with Crippen LogP contribution < -0.4 is 0 Å². The van der Waals surface area contributed by atoms with E-state index in [1.54, 1.807) is 0 Å². The summed E-state index contributed by atoms with van der Waals surface area (Å²) in [5, 5.41) is 8.64. The summed E-state index contributed by atoms with van der Waals surface area (Å²) in [6.45, 7) is 0. The molecule has 0 atom stereocenters. The van der Waals surface area contributed by atoms with Crippen LogP contribution in [0.1, 0.15) is 38.1 Å². The van der Waals surface area contributed by atoms with E-state index in [2.05, 4.69) is 75.4 Å². The Labute approximate surface area is 185 Å². The molecule has 1 N–H and O–H groups in total. The van der Waals surface area contributed by atoms with Crippen LogP contribution in [0.2, 0.25) is 0 Å². The molecule has 0 aliphatic heterocycles. The van der Waals surface area contributed by atoms with Gasteiger partial charge in [0, 0.05) is 11.6 Å². The van der Waals surface area contributed by atoms with Crippen molar-refractivity contribution in [1.29, 1.82) is 0 Å². The Balaban J connectivity index is 1.81. The number of aromatic nitrogens is 5. The van der Waals surface area contributed by atoms with E-state index in [0.717, 1.165) is 16.7 Å². The van der Waals surface area contributed by atoms with Crippen molar-refractivity contribution in [3.63, 3.8) is 0 Å². The van der Waals surface area contributed by atoms with Crippen LogP contribution >= 0.6 is 12.2 Å². The van der Waals surface area contributed by atoms with E-state index >= 15 is 0 Å². The highest BCUT2D eigenvalue weighted by molar-refractivity contribution is 7.71. The smallest absolute Gasteiger partial charge is 0.200 e. The summed E-state index contributed by atoms with van der Waals surface area (Å²) < 4.78 is 4.93. The minimum Gasteiger partial charge on any atom is -0.321 e. The molecule has 0 bridgehead atoms. The van der Waals surface area contributed by atoms with Crippen molar-refractivity contribution in [1.82, 2.24) is 24.1 Å². The first kappa shape index (κ1) is 18.5. The molecule has 0 unspecified atom stereocenters. The zero-order valence-electron chi connectivity index (χ0n) is 17.2. The number of hydrogen-bond donors (Lipinski definition) is 1. The van der Waals surface area contributed by atoms with Gasteiger partial charge < -0.3 is 4.57 Å². The Morgan fingerprint density at radius 2 is 1.52 bits per heavy atom. The molecular weight excluding hydrogens is 402 g/mol. The van der Waals surface area contributed by atoms with Crippen LogP contribution in [0, 0.1) is 4.77 Å². The molecule has 1 aliphatic rings. The van der Waals surface area contributed by atoms with Crippen LogP contribution in [-0.2, 0) is 0 Å². The molecule has 0 spiro atoms. The monoisotopic (exact) mass is 425 g/mol.